The van der Waals surface area contributed by atoms with Gasteiger partial charge in [-0.3, -0.25) is 0 Å². The number of hydrogen-bond donors (Lipinski definition) is 0. The Labute approximate surface area is 84.1 Å². The summed E-state index contributed by atoms with van der Waals surface area (Å²) in [5.41, 5.74) is 0. The Morgan fingerprint density at radius 1 is 1.50 bits per heavy atom. The van der Waals surface area contributed by atoms with Crippen LogP contribution in [0.5, 0.6) is 0 Å². The molecule has 0 amide bonds. The lowest BCUT2D eigenvalue weighted by Crippen LogP contribution is -2.29. The quantitative estimate of drug-likeness (QED) is 0.269. The van der Waals surface area contributed by atoms with Crippen LogP contribution < -0.4 is 0 Å². The molecule has 0 spiro atoms. The van der Waals surface area contributed by atoms with Gasteiger partial charge < -0.3 is 14.2 Å². The van der Waals surface area contributed by atoms with Gasteiger partial charge in [0, 0.05) is 13.2 Å². The van der Waals surface area contributed by atoms with Gasteiger partial charge in [0.15, 0.2) is 0 Å². The normalized spacial score (nSPS) is 14.1. The third-order valence-corrected chi connectivity index (χ3v) is 1.54. The van der Waals surface area contributed by atoms with Gasteiger partial charge in [0.05, 0.1) is 0 Å². The van der Waals surface area contributed by atoms with Crippen LogP contribution in [0.4, 0.5) is 0 Å². The number of hydrogen-bond acceptors (Lipinski definition) is 4. The molecule has 0 aliphatic rings. The molecule has 0 aromatic rings. The summed E-state index contributed by atoms with van der Waals surface area (Å²) in [6.07, 6.45) is 1.87. The molecule has 0 radical (unpaired) electrons. The number of methoxy groups -OCH3 is 1. The van der Waals surface area contributed by atoms with E-state index in [1.54, 1.807) is 13.0 Å². The van der Waals surface area contributed by atoms with Crippen LogP contribution in [0.2, 0.25) is 0 Å². The molecule has 0 aromatic carbocycles. The molecule has 0 bridgehead atoms. The Hall–Kier alpha value is -1.13. The summed E-state index contributed by atoms with van der Waals surface area (Å²) in [7, 11) is 1.51. The maximum Gasteiger partial charge on any atom is 0.330 e. The van der Waals surface area contributed by atoms with Gasteiger partial charge in [0.25, 0.3) is 0 Å². The number of ether oxygens (including phenoxy) is 3. The highest BCUT2D eigenvalue weighted by molar-refractivity contribution is 5.81. The third-order valence-electron chi connectivity index (χ3n) is 1.54. The first-order valence-electron chi connectivity index (χ1n) is 4.21. The van der Waals surface area contributed by atoms with Gasteiger partial charge in [0.1, 0.15) is 19.0 Å². The summed E-state index contributed by atoms with van der Waals surface area (Å²) in [4.78, 5) is 10.9. The molecule has 4 heteroatoms. The predicted octanol–water partition coefficient (Wildman–Crippen LogP) is 1.28. The minimum absolute atomic E-state index is 0.132. The van der Waals surface area contributed by atoms with E-state index in [0.29, 0.717) is 0 Å². The van der Waals surface area contributed by atoms with Crippen LogP contribution in [0.3, 0.4) is 0 Å². The molecule has 80 valence electrons. The highest BCUT2D eigenvalue weighted by Gasteiger charge is 2.17. The lowest BCUT2D eigenvalue weighted by Gasteiger charge is -2.20. The molecule has 0 aliphatic carbocycles. The van der Waals surface area contributed by atoms with E-state index in [-0.39, 0.29) is 12.9 Å². The van der Waals surface area contributed by atoms with Crippen LogP contribution >= 0.6 is 0 Å². The Morgan fingerprint density at radius 3 is 2.57 bits per heavy atom. The van der Waals surface area contributed by atoms with Crippen molar-refractivity contribution in [3.63, 3.8) is 0 Å². The number of esters is 1. The van der Waals surface area contributed by atoms with Crippen molar-refractivity contribution >= 4 is 5.97 Å². The van der Waals surface area contributed by atoms with Gasteiger partial charge in [0.2, 0.25) is 0 Å². The molecule has 0 N–H and O–H groups in total. The van der Waals surface area contributed by atoms with Gasteiger partial charge in [-0.1, -0.05) is 12.7 Å². The summed E-state index contributed by atoms with van der Waals surface area (Å²) in [5.74, 6) is -0.481. The fraction of sp³-hybridized carbons (Fsp3) is 0.500. The molecular weight excluding hydrogens is 184 g/mol. The van der Waals surface area contributed by atoms with E-state index in [4.69, 9.17) is 14.2 Å². The summed E-state index contributed by atoms with van der Waals surface area (Å²) in [6, 6.07) is 0. The molecule has 0 heterocycles. The maximum absolute atomic E-state index is 10.9. The fourth-order valence-electron chi connectivity index (χ4n) is 0.840. The van der Waals surface area contributed by atoms with Gasteiger partial charge in [-0.05, 0) is 6.92 Å². The van der Waals surface area contributed by atoms with Gasteiger partial charge in [-0.2, -0.15) is 0 Å². The molecule has 0 saturated heterocycles. The molecule has 0 rings (SSSR count). The summed E-state index contributed by atoms with van der Waals surface area (Å²) in [6.45, 7) is 8.71. The Balaban J connectivity index is 4.02. The average Bonchev–Trinajstić information content (AvgIpc) is 2.18. The minimum Gasteiger partial charge on any atom is -0.456 e. The summed E-state index contributed by atoms with van der Waals surface area (Å²) in [5, 5.41) is 0. The molecule has 4 nitrogen and oxygen atoms in total. The van der Waals surface area contributed by atoms with Crippen molar-refractivity contribution in [3.05, 3.63) is 25.3 Å². The molecule has 0 saturated carbocycles. The fourth-order valence-corrected chi connectivity index (χ4v) is 0.840. The van der Waals surface area contributed by atoms with E-state index in [2.05, 4.69) is 13.2 Å². The second-order valence-corrected chi connectivity index (χ2v) is 2.62. The first-order valence-corrected chi connectivity index (χ1v) is 4.21. The second-order valence-electron chi connectivity index (χ2n) is 2.62. The molecular formula is C10H16O4. The Bertz CT molecular complexity index is 200. The molecule has 14 heavy (non-hydrogen) atoms. The third kappa shape index (κ3) is 4.79. The average molecular weight is 200 g/mol. The maximum atomic E-state index is 10.9. The first-order chi connectivity index (χ1) is 6.65. The number of rotatable bonds is 7. The largest absolute Gasteiger partial charge is 0.456 e. The minimum atomic E-state index is -0.481. The molecule has 0 fully saturated rings. The Kier molecular flexibility index (Phi) is 6.70. The zero-order valence-corrected chi connectivity index (χ0v) is 8.56. The van der Waals surface area contributed by atoms with Crippen LogP contribution in [-0.4, -0.2) is 32.1 Å². The van der Waals surface area contributed by atoms with Crippen molar-refractivity contribution in [2.75, 3.05) is 13.9 Å². The van der Waals surface area contributed by atoms with E-state index < -0.39 is 12.1 Å². The number of carbonyl (C=O) groups is 1. The van der Waals surface area contributed by atoms with Crippen LogP contribution in [0, 0.1) is 0 Å². The van der Waals surface area contributed by atoms with E-state index in [1.165, 1.54) is 7.11 Å². The second kappa shape index (κ2) is 7.29. The zero-order valence-electron chi connectivity index (χ0n) is 8.56. The topological polar surface area (TPSA) is 44.8 Å². The summed E-state index contributed by atoms with van der Waals surface area (Å²) < 4.78 is 14.9. The SMILES string of the molecule is C=CC(=O)O[C@@H](C)[C@@H](C=C)OCOC. The standard InChI is InChI=1S/C10H16O4/c1-5-9(13-7-12-4)8(3)14-10(11)6-2/h5-6,8-9H,1-2,7H2,3-4H3/t8-,9+/m0/s1. The van der Waals surface area contributed by atoms with Crippen LogP contribution in [0.1, 0.15) is 6.92 Å². The van der Waals surface area contributed by atoms with Gasteiger partial charge in [-0.15, -0.1) is 6.58 Å². The lowest BCUT2D eigenvalue weighted by atomic mass is 10.2. The predicted molar refractivity (Wildman–Crippen MR) is 52.7 cm³/mol. The van der Waals surface area contributed by atoms with Gasteiger partial charge >= 0.3 is 5.97 Å². The van der Waals surface area contributed by atoms with E-state index in [0.717, 1.165) is 6.08 Å². The van der Waals surface area contributed by atoms with Crippen molar-refractivity contribution < 1.29 is 19.0 Å². The molecule has 0 unspecified atom stereocenters. The monoisotopic (exact) mass is 200 g/mol. The summed E-state index contributed by atoms with van der Waals surface area (Å²) >= 11 is 0. The Morgan fingerprint density at radius 2 is 2.14 bits per heavy atom. The van der Waals surface area contributed by atoms with Gasteiger partial charge in [-0.25, -0.2) is 4.79 Å². The van der Waals surface area contributed by atoms with E-state index in [9.17, 15) is 4.79 Å². The van der Waals surface area contributed by atoms with Crippen LogP contribution in [-0.2, 0) is 19.0 Å². The van der Waals surface area contributed by atoms with Crippen molar-refractivity contribution in [3.8, 4) is 0 Å². The van der Waals surface area contributed by atoms with Crippen molar-refractivity contribution in [2.45, 2.75) is 19.1 Å². The molecule has 2 atom stereocenters. The van der Waals surface area contributed by atoms with Crippen molar-refractivity contribution in [1.82, 2.24) is 0 Å². The molecule has 0 aliphatic heterocycles. The van der Waals surface area contributed by atoms with Crippen molar-refractivity contribution in [1.29, 1.82) is 0 Å². The van der Waals surface area contributed by atoms with Crippen molar-refractivity contribution in [2.24, 2.45) is 0 Å². The number of carbonyl (C=O) groups excluding carboxylic acids is 1. The smallest absolute Gasteiger partial charge is 0.330 e. The van der Waals surface area contributed by atoms with Crippen LogP contribution in [0.15, 0.2) is 25.3 Å². The lowest BCUT2D eigenvalue weighted by molar-refractivity contribution is -0.153. The van der Waals surface area contributed by atoms with E-state index in [1.807, 2.05) is 0 Å². The first kappa shape index (κ1) is 12.9. The molecule has 0 aromatic heterocycles. The van der Waals surface area contributed by atoms with E-state index >= 15 is 0 Å². The highest BCUT2D eigenvalue weighted by atomic mass is 16.7. The highest BCUT2D eigenvalue weighted by Crippen LogP contribution is 2.05. The zero-order chi connectivity index (χ0) is 11.0. The van der Waals surface area contributed by atoms with Crippen LogP contribution in [0.25, 0.3) is 0 Å².